The molecule has 5 atom stereocenters. The molecule has 4 aliphatic rings. The van der Waals surface area contributed by atoms with E-state index in [2.05, 4.69) is 0 Å². The van der Waals surface area contributed by atoms with E-state index in [4.69, 9.17) is 9.47 Å². The predicted molar refractivity (Wildman–Crippen MR) is 94.9 cm³/mol. The molecule has 0 aromatic carbocycles. The van der Waals surface area contributed by atoms with Crippen molar-refractivity contribution in [3.63, 3.8) is 0 Å². The predicted octanol–water partition coefficient (Wildman–Crippen LogP) is 2.70. The van der Waals surface area contributed by atoms with Crippen molar-refractivity contribution in [3.05, 3.63) is 34.1 Å². The van der Waals surface area contributed by atoms with Crippen molar-refractivity contribution in [2.75, 3.05) is 14.2 Å². The minimum atomic E-state index is -0.736. The van der Waals surface area contributed by atoms with Gasteiger partial charge in [-0.1, -0.05) is 12.5 Å². The summed E-state index contributed by atoms with van der Waals surface area (Å²) in [5.41, 5.74) is 2.99. The maximum absolute atomic E-state index is 13.4. The molecule has 140 valence electrons. The van der Waals surface area contributed by atoms with E-state index in [-0.39, 0.29) is 23.6 Å². The van der Waals surface area contributed by atoms with Crippen molar-refractivity contribution in [2.24, 2.45) is 23.2 Å². The summed E-state index contributed by atoms with van der Waals surface area (Å²) in [6.07, 6.45) is 3.71. The Bertz CT molecular complexity index is 786. The third kappa shape index (κ3) is 2.01. The van der Waals surface area contributed by atoms with Gasteiger partial charge in [0.15, 0.2) is 5.78 Å². The Balaban J connectivity index is 2.01. The Kier molecular flexibility index (Phi) is 3.92. The molecular weight excluding hydrogens is 332 g/mol. The first-order valence-electron chi connectivity index (χ1n) is 9.35. The number of esters is 1. The molecule has 26 heavy (non-hydrogen) atoms. The lowest BCUT2D eigenvalue weighted by molar-refractivity contribution is -0.171. The molecule has 0 aromatic heterocycles. The van der Waals surface area contributed by atoms with Crippen molar-refractivity contribution in [1.29, 1.82) is 0 Å². The van der Waals surface area contributed by atoms with E-state index in [9.17, 15) is 14.7 Å². The van der Waals surface area contributed by atoms with E-state index in [1.807, 2.05) is 19.9 Å². The molecule has 4 aliphatic carbocycles. The summed E-state index contributed by atoms with van der Waals surface area (Å²) >= 11 is 0. The van der Waals surface area contributed by atoms with Crippen LogP contribution in [0.25, 0.3) is 0 Å². The van der Waals surface area contributed by atoms with Crippen LogP contribution < -0.4 is 0 Å². The fourth-order valence-electron chi connectivity index (χ4n) is 5.96. The summed E-state index contributed by atoms with van der Waals surface area (Å²) in [4.78, 5) is 26.3. The summed E-state index contributed by atoms with van der Waals surface area (Å²) in [6, 6.07) is 0. The van der Waals surface area contributed by atoms with Gasteiger partial charge in [-0.05, 0) is 49.3 Å². The third-order valence-corrected chi connectivity index (χ3v) is 7.12. The molecular formula is C21H26O5. The second-order valence-corrected chi connectivity index (χ2v) is 8.19. The Hall–Kier alpha value is -1.88. The van der Waals surface area contributed by atoms with Gasteiger partial charge < -0.3 is 14.6 Å². The van der Waals surface area contributed by atoms with Crippen molar-refractivity contribution >= 4 is 11.8 Å². The number of Topliss-reactive ketones (excluding diaryl/α,β-unsaturated/α-hetero) is 1. The van der Waals surface area contributed by atoms with Gasteiger partial charge in [0.05, 0.1) is 37.4 Å². The van der Waals surface area contributed by atoms with Gasteiger partial charge in [0.1, 0.15) is 0 Å². The smallest absolute Gasteiger partial charge is 0.312 e. The van der Waals surface area contributed by atoms with Crippen molar-refractivity contribution in [2.45, 2.75) is 45.6 Å². The Morgan fingerprint density at radius 2 is 2.08 bits per heavy atom. The Morgan fingerprint density at radius 1 is 1.35 bits per heavy atom. The maximum atomic E-state index is 13.4. The van der Waals surface area contributed by atoms with E-state index < -0.39 is 17.4 Å². The van der Waals surface area contributed by atoms with Crippen LogP contribution in [0.1, 0.15) is 39.5 Å². The number of aliphatic hydroxyl groups excluding tert-OH is 1. The van der Waals surface area contributed by atoms with E-state index in [0.29, 0.717) is 25.7 Å². The lowest BCUT2D eigenvalue weighted by Crippen LogP contribution is -2.55. The lowest BCUT2D eigenvalue weighted by Gasteiger charge is -2.51. The molecule has 0 aliphatic heterocycles. The van der Waals surface area contributed by atoms with E-state index >= 15 is 0 Å². The molecule has 0 saturated heterocycles. The molecule has 5 nitrogen and oxygen atoms in total. The molecule has 0 heterocycles. The van der Waals surface area contributed by atoms with Crippen LogP contribution in [-0.2, 0) is 19.1 Å². The Labute approximate surface area is 153 Å². The molecule has 0 amide bonds. The van der Waals surface area contributed by atoms with Crippen LogP contribution in [0, 0.1) is 23.2 Å². The zero-order valence-corrected chi connectivity index (χ0v) is 15.8. The van der Waals surface area contributed by atoms with Crippen LogP contribution in [0.3, 0.4) is 0 Å². The van der Waals surface area contributed by atoms with Crippen molar-refractivity contribution < 1.29 is 24.2 Å². The molecule has 2 fully saturated rings. The number of ketones is 1. The number of aliphatic hydroxyl groups is 1. The summed E-state index contributed by atoms with van der Waals surface area (Å²) < 4.78 is 10.7. The minimum absolute atomic E-state index is 0.0136. The van der Waals surface area contributed by atoms with E-state index in [1.165, 1.54) is 7.11 Å². The van der Waals surface area contributed by atoms with Gasteiger partial charge in [0.25, 0.3) is 0 Å². The molecule has 0 spiro atoms. The van der Waals surface area contributed by atoms with Gasteiger partial charge in [-0.3, -0.25) is 9.59 Å². The highest BCUT2D eigenvalue weighted by Crippen LogP contribution is 2.64. The van der Waals surface area contributed by atoms with Crippen LogP contribution in [0.15, 0.2) is 34.1 Å². The number of rotatable bonds is 2. The van der Waals surface area contributed by atoms with Gasteiger partial charge in [-0.2, -0.15) is 0 Å². The first kappa shape index (κ1) is 17.5. The zero-order chi connectivity index (χ0) is 18.8. The number of hydrogen-bond acceptors (Lipinski definition) is 5. The van der Waals surface area contributed by atoms with Gasteiger partial charge >= 0.3 is 5.97 Å². The molecule has 2 saturated carbocycles. The highest BCUT2D eigenvalue weighted by molar-refractivity contribution is 6.08. The molecule has 5 heteroatoms. The zero-order valence-electron chi connectivity index (χ0n) is 15.8. The lowest BCUT2D eigenvalue weighted by atomic mass is 9.51. The van der Waals surface area contributed by atoms with Crippen LogP contribution in [0.5, 0.6) is 0 Å². The number of carbonyl (C=O) groups is 2. The summed E-state index contributed by atoms with van der Waals surface area (Å²) in [5, 5.41) is 10.8. The second kappa shape index (κ2) is 5.81. The van der Waals surface area contributed by atoms with Crippen LogP contribution in [-0.4, -0.2) is 37.2 Å². The normalized spacial score (nSPS) is 38.7. The molecule has 0 bridgehead atoms. The summed E-state index contributed by atoms with van der Waals surface area (Å²) in [5.74, 6) is -0.306. The number of ether oxygens (including phenoxy) is 2. The fraction of sp³-hybridized carbons (Fsp3) is 0.619. The van der Waals surface area contributed by atoms with Gasteiger partial charge in [-0.25, -0.2) is 0 Å². The molecule has 0 unspecified atom stereocenters. The first-order valence-corrected chi connectivity index (χ1v) is 9.35. The first-order chi connectivity index (χ1) is 12.4. The van der Waals surface area contributed by atoms with Crippen molar-refractivity contribution in [1.82, 2.24) is 0 Å². The number of hydrogen-bond donors (Lipinski definition) is 1. The van der Waals surface area contributed by atoms with Crippen LogP contribution in [0.2, 0.25) is 0 Å². The average Bonchev–Trinajstić information content (AvgIpc) is 2.84. The minimum Gasteiger partial charge on any atom is -0.501 e. The SMILES string of the molecule is COC(=O)[C@@]12CCC3=C4C(=C(C)CC(OC)=C3)C(=O)[C@@H]([C@@H]41)[C@@H](O)C[C@H]2C. The summed E-state index contributed by atoms with van der Waals surface area (Å²) in [6.45, 7) is 3.96. The number of methoxy groups -OCH3 is 2. The van der Waals surface area contributed by atoms with E-state index in [0.717, 1.165) is 28.1 Å². The number of allylic oxidation sites excluding steroid dienone is 5. The van der Waals surface area contributed by atoms with Crippen molar-refractivity contribution in [3.8, 4) is 0 Å². The quantitative estimate of drug-likeness (QED) is 0.769. The monoisotopic (exact) mass is 358 g/mol. The molecule has 4 rings (SSSR count). The molecule has 0 radical (unpaired) electrons. The van der Waals surface area contributed by atoms with E-state index in [1.54, 1.807) is 7.11 Å². The van der Waals surface area contributed by atoms with Gasteiger partial charge in [0, 0.05) is 17.9 Å². The molecule has 1 N–H and O–H groups in total. The van der Waals surface area contributed by atoms with Crippen LogP contribution >= 0.6 is 0 Å². The average molecular weight is 358 g/mol. The van der Waals surface area contributed by atoms with Gasteiger partial charge in [0.2, 0.25) is 0 Å². The third-order valence-electron chi connectivity index (χ3n) is 7.12. The highest BCUT2D eigenvalue weighted by atomic mass is 16.5. The topological polar surface area (TPSA) is 72.8 Å². The standard InChI is InChI=1S/C21H26O5/c1-10-7-13(25-3)9-12-5-6-21(20(24)26-4)11(2)8-14(22)17-18(21)16(12)15(10)19(17)23/h9,11,14,17-18,22H,5-8H2,1-4H3/t11-,14+,17-,18-,21-/m1/s1. The maximum Gasteiger partial charge on any atom is 0.312 e. The van der Waals surface area contributed by atoms with Gasteiger partial charge in [-0.15, -0.1) is 0 Å². The summed E-state index contributed by atoms with van der Waals surface area (Å²) in [7, 11) is 3.07. The molecule has 0 aromatic rings. The highest BCUT2D eigenvalue weighted by Gasteiger charge is 2.66. The van der Waals surface area contributed by atoms with Crippen LogP contribution in [0.4, 0.5) is 0 Å². The Morgan fingerprint density at radius 3 is 2.73 bits per heavy atom. The largest absolute Gasteiger partial charge is 0.501 e. The fourth-order valence-corrected chi connectivity index (χ4v) is 5.96. The second-order valence-electron chi connectivity index (χ2n) is 8.19. The number of carbonyl (C=O) groups excluding carboxylic acids is 2.